The van der Waals surface area contributed by atoms with Crippen LogP contribution in [0.4, 0.5) is 5.69 Å². The molecule has 0 heterocycles. The molecule has 0 aliphatic heterocycles. The molecule has 2 unspecified atom stereocenters. The lowest BCUT2D eigenvalue weighted by molar-refractivity contribution is 0.282. The van der Waals surface area contributed by atoms with Crippen molar-refractivity contribution in [3.05, 3.63) is 23.3 Å². The first-order valence-electron chi connectivity index (χ1n) is 6.25. The number of benzene rings is 1. The van der Waals surface area contributed by atoms with Crippen LogP contribution in [0.25, 0.3) is 0 Å². The van der Waals surface area contributed by atoms with Crippen LogP contribution in [0.5, 0.6) is 0 Å². The molecular weight excluding hydrogens is 296 g/mol. The average Bonchev–Trinajstić information content (AvgIpc) is 2.34. The highest BCUT2D eigenvalue weighted by Gasteiger charge is 2.24. The minimum atomic E-state index is -3.69. The molecule has 2 atom stereocenters. The molecule has 0 saturated heterocycles. The van der Waals surface area contributed by atoms with Crippen LogP contribution in [0, 0.1) is 13.8 Å². The average molecular weight is 318 g/mol. The summed E-state index contributed by atoms with van der Waals surface area (Å²) >= 11 is 1.42. The lowest BCUT2D eigenvalue weighted by Gasteiger charge is -2.22. The molecule has 114 valence electrons. The van der Waals surface area contributed by atoms with Crippen LogP contribution in [0.1, 0.15) is 18.1 Å². The van der Waals surface area contributed by atoms with Crippen molar-refractivity contribution < 1.29 is 13.5 Å². The predicted molar refractivity (Wildman–Crippen MR) is 84.5 cm³/mol. The third-order valence-electron chi connectivity index (χ3n) is 3.30. The Kier molecular flexibility index (Phi) is 5.88. The van der Waals surface area contributed by atoms with E-state index in [4.69, 9.17) is 5.73 Å². The van der Waals surface area contributed by atoms with E-state index in [1.165, 1.54) is 11.8 Å². The van der Waals surface area contributed by atoms with Crippen molar-refractivity contribution in [2.24, 2.45) is 0 Å². The van der Waals surface area contributed by atoms with Crippen molar-refractivity contribution in [1.82, 2.24) is 4.72 Å². The first-order chi connectivity index (χ1) is 9.22. The van der Waals surface area contributed by atoms with Crippen LogP contribution in [-0.4, -0.2) is 37.7 Å². The monoisotopic (exact) mass is 318 g/mol. The highest BCUT2D eigenvalue weighted by atomic mass is 32.2. The number of sulfonamides is 1. The molecule has 1 rings (SSSR count). The van der Waals surface area contributed by atoms with Gasteiger partial charge in [0.1, 0.15) is 4.90 Å². The van der Waals surface area contributed by atoms with Gasteiger partial charge in [0.15, 0.2) is 0 Å². The Balaban J connectivity index is 3.09. The van der Waals surface area contributed by atoms with Crippen LogP contribution in [0.2, 0.25) is 0 Å². The largest absolute Gasteiger partial charge is 0.398 e. The number of aliphatic hydroxyl groups is 1. The van der Waals surface area contributed by atoms with Gasteiger partial charge in [-0.3, -0.25) is 0 Å². The molecule has 1 aromatic carbocycles. The summed E-state index contributed by atoms with van der Waals surface area (Å²) < 4.78 is 27.3. The molecular formula is C13H22N2O3S2. The van der Waals surface area contributed by atoms with E-state index in [2.05, 4.69) is 4.72 Å². The maximum Gasteiger partial charge on any atom is 0.242 e. The number of nitrogens with two attached hydrogens (primary N) is 1. The minimum absolute atomic E-state index is 0.0882. The molecule has 7 heteroatoms. The second-order valence-corrected chi connectivity index (χ2v) is 7.60. The molecule has 5 nitrogen and oxygen atoms in total. The minimum Gasteiger partial charge on any atom is -0.398 e. The fourth-order valence-corrected chi connectivity index (χ4v) is 4.06. The molecule has 1 aromatic rings. The number of rotatable bonds is 6. The molecule has 0 radical (unpaired) electrons. The second-order valence-electron chi connectivity index (χ2n) is 4.84. The summed E-state index contributed by atoms with van der Waals surface area (Å²) in [7, 11) is -3.69. The van der Waals surface area contributed by atoms with Gasteiger partial charge in [-0.05, 0) is 50.3 Å². The normalized spacial score (nSPS) is 15.1. The molecule has 0 amide bonds. The zero-order valence-corrected chi connectivity index (χ0v) is 13.8. The van der Waals surface area contributed by atoms with Crippen LogP contribution in [-0.2, 0) is 10.0 Å². The van der Waals surface area contributed by atoms with Crippen LogP contribution in [0.3, 0.4) is 0 Å². The van der Waals surface area contributed by atoms with Gasteiger partial charge in [0.25, 0.3) is 0 Å². The van der Waals surface area contributed by atoms with E-state index in [9.17, 15) is 13.5 Å². The van der Waals surface area contributed by atoms with Gasteiger partial charge in [-0.1, -0.05) is 0 Å². The standard InChI is InChI=1S/C13H22N2O3S2/c1-8-5-11(14)13(6-9(8)2)20(17,18)15-10(3)12(7-16)19-4/h5-6,10,12,15-16H,7,14H2,1-4H3. The zero-order valence-electron chi connectivity index (χ0n) is 12.2. The number of nitrogens with one attached hydrogen (secondary N) is 1. The molecule has 4 N–H and O–H groups in total. The number of hydrogen-bond acceptors (Lipinski definition) is 5. The lowest BCUT2D eigenvalue weighted by atomic mass is 10.1. The van der Waals surface area contributed by atoms with Crippen molar-refractivity contribution in [3.63, 3.8) is 0 Å². The van der Waals surface area contributed by atoms with Gasteiger partial charge in [-0.2, -0.15) is 11.8 Å². The van der Waals surface area contributed by atoms with E-state index < -0.39 is 10.0 Å². The molecule has 0 aliphatic rings. The Morgan fingerprint density at radius 3 is 2.40 bits per heavy atom. The Hall–Kier alpha value is -0.760. The number of nitrogen functional groups attached to an aromatic ring is 1. The zero-order chi connectivity index (χ0) is 15.5. The van der Waals surface area contributed by atoms with Gasteiger partial charge in [0.2, 0.25) is 10.0 Å². The third kappa shape index (κ3) is 3.88. The maximum atomic E-state index is 12.4. The smallest absolute Gasteiger partial charge is 0.242 e. The fraction of sp³-hybridized carbons (Fsp3) is 0.538. The number of aliphatic hydroxyl groups excluding tert-OH is 1. The Morgan fingerprint density at radius 1 is 1.35 bits per heavy atom. The molecule has 0 fully saturated rings. The third-order valence-corrected chi connectivity index (χ3v) is 6.07. The van der Waals surface area contributed by atoms with Gasteiger partial charge in [-0.25, -0.2) is 13.1 Å². The maximum absolute atomic E-state index is 12.4. The number of aryl methyl sites for hydroxylation is 2. The summed E-state index contributed by atoms with van der Waals surface area (Å²) in [5.41, 5.74) is 7.88. The summed E-state index contributed by atoms with van der Waals surface area (Å²) in [4.78, 5) is 0.0882. The van der Waals surface area contributed by atoms with E-state index in [-0.39, 0.29) is 28.5 Å². The topological polar surface area (TPSA) is 92.4 Å². The first kappa shape index (κ1) is 17.3. The summed E-state index contributed by atoms with van der Waals surface area (Å²) in [5.74, 6) is 0. The number of thioether (sulfide) groups is 1. The highest BCUT2D eigenvalue weighted by molar-refractivity contribution is 7.99. The van der Waals surface area contributed by atoms with Crippen molar-refractivity contribution in [2.45, 2.75) is 37.0 Å². The predicted octanol–water partition coefficient (Wildman–Crippen LogP) is 1.28. The van der Waals surface area contributed by atoms with Crippen LogP contribution >= 0.6 is 11.8 Å². The number of hydrogen-bond donors (Lipinski definition) is 3. The van der Waals surface area contributed by atoms with Crippen molar-refractivity contribution in [2.75, 3.05) is 18.6 Å². The lowest BCUT2D eigenvalue weighted by Crippen LogP contribution is -2.41. The van der Waals surface area contributed by atoms with Gasteiger partial charge in [0, 0.05) is 11.3 Å². The SMILES string of the molecule is CSC(CO)C(C)NS(=O)(=O)c1cc(C)c(C)cc1N. The summed E-state index contributed by atoms with van der Waals surface area (Å²) in [6.07, 6.45) is 1.83. The van der Waals surface area contributed by atoms with E-state index >= 15 is 0 Å². The van der Waals surface area contributed by atoms with Gasteiger partial charge >= 0.3 is 0 Å². The molecule has 0 aliphatic carbocycles. The van der Waals surface area contributed by atoms with E-state index in [1.807, 2.05) is 20.1 Å². The Morgan fingerprint density at radius 2 is 1.90 bits per heavy atom. The van der Waals surface area contributed by atoms with Gasteiger partial charge in [0.05, 0.1) is 12.3 Å². The summed E-state index contributed by atoms with van der Waals surface area (Å²) in [6.45, 7) is 5.36. The fourth-order valence-electron chi connectivity index (χ4n) is 1.87. The van der Waals surface area contributed by atoms with Crippen molar-refractivity contribution in [1.29, 1.82) is 0 Å². The summed E-state index contributed by atoms with van der Waals surface area (Å²) in [5, 5.41) is 9.02. The quantitative estimate of drug-likeness (QED) is 0.687. The molecule has 0 bridgehead atoms. The second kappa shape index (κ2) is 6.80. The highest BCUT2D eigenvalue weighted by Crippen LogP contribution is 2.23. The molecule has 0 spiro atoms. The Labute approximate surface area is 125 Å². The summed E-state index contributed by atoms with van der Waals surface area (Å²) in [6, 6.07) is 2.85. The molecule has 20 heavy (non-hydrogen) atoms. The van der Waals surface area contributed by atoms with E-state index in [0.717, 1.165) is 11.1 Å². The first-order valence-corrected chi connectivity index (χ1v) is 9.02. The van der Waals surface area contributed by atoms with Crippen LogP contribution < -0.4 is 10.5 Å². The number of anilines is 1. The van der Waals surface area contributed by atoms with Crippen LogP contribution in [0.15, 0.2) is 17.0 Å². The Bertz CT molecular complexity index is 569. The van der Waals surface area contributed by atoms with Gasteiger partial charge in [-0.15, -0.1) is 0 Å². The van der Waals surface area contributed by atoms with Crippen molar-refractivity contribution >= 4 is 27.5 Å². The van der Waals surface area contributed by atoms with Crippen molar-refractivity contribution in [3.8, 4) is 0 Å². The van der Waals surface area contributed by atoms with Gasteiger partial charge < -0.3 is 10.8 Å². The molecule has 0 aromatic heterocycles. The van der Waals surface area contributed by atoms with E-state index in [0.29, 0.717) is 0 Å². The van der Waals surface area contributed by atoms with E-state index in [1.54, 1.807) is 19.1 Å². The molecule has 0 saturated carbocycles.